The first-order valence-corrected chi connectivity index (χ1v) is 1.36. The summed E-state index contributed by atoms with van der Waals surface area (Å²) in [5, 5.41) is 7.57. The minimum Gasteiger partial charge on any atom is -0.397 e. The number of aliphatic hydroxyl groups is 1. The standard InChI is InChI=1S/C2H6O.H4N2/c1-2-3;1-2/h3H,2H2,1H3;1-2H2. The average molecular weight is 78.1 g/mol. The Bertz CT molecular complexity index is 7.61. The molecule has 3 heteroatoms. The van der Waals surface area contributed by atoms with Gasteiger partial charge in [-0.05, 0) is 6.92 Å². The average Bonchev–Trinajstić information content (AvgIpc) is 1.46. The third kappa shape index (κ3) is 952. The van der Waals surface area contributed by atoms with E-state index in [1.807, 2.05) is 0 Å². The van der Waals surface area contributed by atoms with Gasteiger partial charge in [0.1, 0.15) is 0 Å². The van der Waals surface area contributed by atoms with Gasteiger partial charge in [0.05, 0.1) is 0 Å². The lowest BCUT2D eigenvalue weighted by molar-refractivity contribution is 0.318. The summed E-state index contributed by atoms with van der Waals surface area (Å²) in [5.74, 6) is 8.00. The highest BCUT2D eigenvalue weighted by Gasteiger charge is 1.34. The molecule has 0 atom stereocenters. The molecule has 0 unspecified atom stereocenters. The first-order chi connectivity index (χ1) is 2.41. The van der Waals surface area contributed by atoms with Crippen molar-refractivity contribution in [3.05, 3.63) is 0 Å². The lowest BCUT2D eigenvalue weighted by Crippen LogP contribution is -2.02. The monoisotopic (exact) mass is 78.1 g/mol. The molecule has 0 aliphatic rings. The van der Waals surface area contributed by atoms with E-state index in [1.165, 1.54) is 0 Å². The van der Waals surface area contributed by atoms with E-state index in [1.54, 1.807) is 6.92 Å². The fourth-order valence-electron chi connectivity index (χ4n) is 0. The Morgan fingerprint density at radius 1 is 1.60 bits per heavy atom. The molecule has 0 aromatic rings. The first-order valence-electron chi connectivity index (χ1n) is 1.36. The zero-order chi connectivity index (χ0) is 4.71. The predicted molar refractivity (Wildman–Crippen MR) is 21.1 cm³/mol. The Kier molecular flexibility index (Phi) is 73.6. The molecule has 0 aromatic heterocycles. The molecule has 0 aliphatic heterocycles. The summed E-state index contributed by atoms with van der Waals surface area (Å²) in [6.07, 6.45) is 0. The summed E-state index contributed by atoms with van der Waals surface area (Å²) < 4.78 is 0. The van der Waals surface area contributed by atoms with E-state index < -0.39 is 0 Å². The summed E-state index contributed by atoms with van der Waals surface area (Å²) in [6.45, 7) is 1.93. The SMILES string of the molecule is CCO.NN. The molecule has 0 rings (SSSR count). The summed E-state index contributed by atoms with van der Waals surface area (Å²) in [7, 11) is 0. The lowest BCUT2D eigenvalue weighted by atomic mass is 10.9. The molecule has 34 valence electrons. The van der Waals surface area contributed by atoms with Crippen LogP contribution in [0.5, 0.6) is 0 Å². The highest BCUT2D eigenvalue weighted by Crippen LogP contribution is 1.30. The van der Waals surface area contributed by atoms with Crippen LogP contribution < -0.4 is 11.7 Å². The second-order valence-corrected chi connectivity index (χ2v) is 0.316. The van der Waals surface area contributed by atoms with Crippen LogP contribution in [-0.2, 0) is 0 Å². The quantitative estimate of drug-likeness (QED) is 0.252. The molecule has 0 radical (unpaired) electrons. The third-order valence-electron chi connectivity index (χ3n) is 0. The Balaban J connectivity index is 0. The van der Waals surface area contributed by atoms with Crippen molar-refractivity contribution in [2.24, 2.45) is 11.7 Å². The number of hydrogen-bond donors (Lipinski definition) is 3. The predicted octanol–water partition coefficient (Wildman–Crippen LogP) is -1.18. The molecule has 0 spiro atoms. The van der Waals surface area contributed by atoms with Gasteiger partial charge in [0.15, 0.2) is 0 Å². The largest absolute Gasteiger partial charge is 0.397 e. The Morgan fingerprint density at radius 2 is 1.60 bits per heavy atom. The topological polar surface area (TPSA) is 72.3 Å². The van der Waals surface area contributed by atoms with Crippen molar-refractivity contribution in [3.8, 4) is 0 Å². The molecule has 0 amide bonds. The van der Waals surface area contributed by atoms with Crippen LogP contribution in [0, 0.1) is 0 Å². The van der Waals surface area contributed by atoms with E-state index in [0.717, 1.165) is 0 Å². The number of hydrazine groups is 1. The van der Waals surface area contributed by atoms with Gasteiger partial charge in [-0.2, -0.15) is 0 Å². The van der Waals surface area contributed by atoms with Gasteiger partial charge in [-0.25, -0.2) is 0 Å². The van der Waals surface area contributed by atoms with Crippen molar-refractivity contribution < 1.29 is 5.11 Å². The minimum atomic E-state index is 0.250. The zero-order valence-electron chi connectivity index (χ0n) is 3.31. The highest BCUT2D eigenvalue weighted by molar-refractivity contribution is 3.84. The van der Waals surface area contributed by atoms with Gasteiger partial charge in [-0.3, -0.25) is 11.7 Å². The van der Waals surface area contributed by atoms with Crippen LogP contribution in [0.1, 0.15) is 6.92 Å². The maximum atomic E-state index is 7.57. The molecule has 5 N–H and O–H groups in total. The van der Waals surface area contributed by atoms with E-state index in [-0.39, 0.29) is 6.61 Å². The normalized spacial score (nSPS) is 4.80. The van der Waals surface area contributed by atoms with Gasteiger partial charge in [-0.1, -0.05) is 0 Å². The van der Waals surface area contributed by atoms with Crippen molar-refractivity contribution in [2.75, 3.05) is 6.61 Å². The summed E-state index contributed by atoms with van der Waals surface area (Å²) in [5.41, 5.74) is 0. The molecule has 0 fully saturated rings. The van der Waals surface area contributed by atoms with E-state index in [2.05, 4.69) is 11.7 Å². The van der Waals surface area contributed by atoms with E-state index in [0.29, 0.717) is 0 Å². The van der Waals surface area contributed by atoms with Crippen molar-refractivity contribution in [2.45, 2.75) is 6.92 Å². The zero-order valence-corrected chi connectivity index (χ0v) is 3.31. The van der Waals surface area contributed by atoms with Crippen molar-refractivity contribution in [1.29, 1.82) is 0 Å². The van der Waals surface area contributed by atoms with Crippen LogP contribution in [0.2, 0.25) is 0 Å². The number of nitrogens with two attached hydrogens (primary N) is 2. The minimum absolute atomic E-state index is 0.250. The molecule has 0 bridgehead atoms. The molecule has 5 heavy (non-hydrogen) atoms. The summed E-state index contributed by atoms with van der Waals surface area (Å²) in [4.78, 5) is 0. The fourth-order valence-corrected chi connectivity index (χ4v) is 0. The first kappa shape index (κ1) is 8.86. The number of aliphatic hydroxyl groups excluding tert-OH is 1. The molecule has 3 nitrogen and oxygen atoms in total. The van der Waals surface area contributed by atoms with Crippen molar-refractivity contribution in [1.82, 2.24) is 0 Å². The van der Waals surface area contributed by atoms with Gasteiger partial charge in [-0.15, -0.1) is 0 Å². The lowest BCUT2D eigenvalue weighted by Gasteiger charge is -1.52. The molecule has 0 aliphatic carbocycles. The Morgan fingerprint density at radius 3 is 1.60 bits per heavy atom. The van der Waals surface area contributed by atoms with Gasteiger partial charge < -0.3 is 5.11 Å². The van der Waals surface area contributed by atoms with Gasteiger partial charge >= 0.3 is 0 Å². The van der Waals surface area contributed by atoms with Crippen molar-refractivity contribution >= 4 is 0 Å². The van der Waals surface area contributed by atoms with E-state index in [9.17, 15) is 0 Å². The number of hydrogen-bond acceptors (Lipinski definition) is 3. The van der Waals surface area contributed by atoms with Crippen LogP contribution in [0.15, 0.2) is 0 Å². The van der Waals surface area contributed by atoms with E-state index >= 15 is 0 Å². The van der Waals surface area contributed by atoms with Crippen LogP contribution in [0.3, 0.4) is 0 Å². The fraction of sp³-hybridized carbons (Fsp3) is 1.00. The molecule has 0 saturated heterocycles. The van der Waals surface area contributed by atoms with Gasteiger partial charge in [0, 0.05) is 6.61 Å². The molecule has 0 heterocycles. The van der Waals surface area contributed by atoms with Crippen molar-refractivity contribution in [3.63, 3.8) is 0 Å². The molecular weight excluding hydrogens is 68.0 g/mol. The second-order valence-electron chi connectivity index (χ2n) is 0.316. The molecule has 0 aromatic carbocycles. The maximum absolute atomic E-state index is 7.57. The van der Waals surface area contributed by atoms with Crippen LogP contribution in [-0.4, -0.2) is 11.7 Å². The van der Waals surface area contributed by atoms with Crippen LogP contribution in [0.25, 0.3) is 0 Å². The maximum Gasteiger partial charge on any atom is 0.0402 e. The van der Waals surface area contributed by atoms with Crippen LogP contribution >= 0.6 is 0 Å². The smallest absolute Gasteiger partial charge is 0.0402 e. The van der Waals surface area contributed by atoms with Gasteiger partial charge in [0.2, 0.25) is 0 Å². The highest BCUT2D eigenvalue weighted by atomic mass is 16.2. The van der Waals surface area contributed by atoms with Crippen LogP contribution in [0.4, 0.5) is 0 Å². The number of rotatable bonds is 0. The molecular formula is C2H10N2O. The Labute approximate surface area is 31.6 Å². The summed E-state index contributed by atoms with van der Waals surface area (Å²) in [6, 6.07) is 0. The summed E-state index contributed by atoms with van der Waals surface area (Å²) >= 11 is 0. The van der Waals surface area contributed by atoms with Gasteiger partial charge in [0.25, 0.3) is 0 Å². The van der Waals surface area contributed by atoms with E-state index in [4.69, 9.17) is 5.11 Å². The second kappa shape index (κ2) is 41.6. The Hall–Kier alpha value is -0.120. The molecule has 0 saturated carbocycles. The third-order valence-corrected chi connectivity index (χ3v) is 0.